The molecule has 0 heterocycles. The molecule has 0 aromatic heterocycles. The van der Waals surface area contributed by atoms with Gasteiger partial charge in [-0.15, -0.1) is 0 Å². The maximum atomic E-state index is 10.6. The van der Waals surface area contributed by atoms with Crippen molar-refractivity contribution in [3.8, 4) is 0 Å². The third-order valence-corrected chi connectivity index (χ3v) is 2.63. The first-order valence-electron chi connectivity index (χ1n) is 3.84. The number of carbonyl (C=O) groups is 2. The van der Waals surface area contributed by atoms with E-state index in [1.165, 1.54) is 18.7 Å². The first-order chi connectivity index (χ1) is 6.43. The Morgan fingerprint density at radius 3 is 2.57 bits per heavy atom. The van der Waals surface area contributed by atoms with Crippen LogP contribution in [0.4, 0.5) is 0 Å². The highest BCUT2D eigenvalue weighted by Crippen LogP contribution is 2.10. The predicted molar refractivity (Wildman–Crippen MR) is 57.6 cm³/mol. The van der Waals surface area contributed by atoms with Crippen LogP contribution in [0, 0.1) is 0 Å². The van der Waals surface area contributed by atoms with Crippen LogP contribution in [0.5, 0.6) is 0 Å². The van der Waals surface area contributed by atoms with Crippen molar-refractivity contribution in [2.24, 2.45) is 0 Å². The Morgan fingerprint density at radius 2 is 2.21 bits per heavy atom. The molecule has 0 rings (SSSR count). The summed E-state index contributed by atoms with van der Waals surface area (Å²) in [5.41, 5.74) is 0. The van der Waals surface area contributed by atoms with Gasteiger partial charge in [-0.1, -0.05) is 18.2 Å². The molecule has 1 unspecified atom stereocenters. The number of carboxylic acids is 1. The molecule has 0 radical (unpaired) electrons. The van der Waals surface area contributed by atoms with E-state index in [0.717, 1.165) is 0 Å². The van der Waals surface area contributed by atoms with Gasteiger partial charge in [0, 0.05) is 23.5 Å². The van der Waals surface area contributed by atoms with E-state index in [1.54, 1.807) is 0 Å². The van der Waals surface area contributed by atoms with Crippen molar-refractivity contribution in [3.05, 3.63) is 11.6 Å². The summed E-state index contributed by atoms with van der Waals surface area (Å²) in [5, 5.41) is 11.5. The van der Waals surface area contributed by atoms with Crippen molar-refractivity contribution >= 4 is 35.2 Å². The van der Waals surface area contributed by atoms with Gasteiger partial charge in [0.25, 0.3) is 0 Å². The number of hydrogen-bond acceptors (Lipinski definition) is 3. The highest BCUT2D eigenvalue weighted by Gasteiger charge is 2.17. The molecule has 80 valence electrons. The molecule has 0 aliphatic carbocycles. The maximum absolute atomic E-state index is 10.6. The minimum absolute atomic E-state index is 0.278. The molecule has 4 nitrogen and oxygen atoms in total. The number of halogens is 1. The summed E-state index contributed by atoms with van der Waals surface area (Å²) < 4.78 is 0. The number of thioether (sulfide) groups is 1. The largest absolute Gasteiger partial charge is 0.480 e. The Bertz CT molecular complexity index is 245. The topological polar surface area (TPSA) is 66.4 Å². The summed E-state index contributed by atoms with van der Waals surface area (Å²) in [6.45, 7) is 4.75. The molecule has 2 N–H and O–H groups in total. The van der Waals surface area contributed by atoms with Crippen LogP contribution in [0.2, 0.25) is 0 Å². The quantitative estimate of drug-likeness (QED) is 0.725. The highest BCUT2D eigenvalue weighted by molar-refractivity contribution is 7.99. The Hall–Kier alpha value is -0.680. The van der Waals surface area contributed by atoms with Crippen LogP contribution in [0.3, 0.4) is 0 Å². The summed E-state index contributed by atoms with van der Waals surface area (Å²) in [7, 11) is 0. The molecule has 0 saturated heterocycles. The molecule has 0 aromatic carbocycles. The fraction of sp³-hybridized carbons (Fsp3) is 0.500. The molecule has 0 bridgehead atoms. The van der Waals surface area contributed by atoms with Crippen molar-refractivity contribution in [3.63, 3.8) is 0 Å². The number of carboxylic acid groups (broad SMARTS) is 1. The molecule has 0 aliphatic rings. The first-order valence-corrected chi connectivity index (χ1v) is 5.37. The van der Waals surface area contributed by atoms with Crippen molar-refractivity contribution in [2.45, 2.75) is 13.0 Å². The van der Waals surface area contributed by atoms with Gasteiger partial charge in [0.05, 0.1) is 0 Å². The normalized spacial score (nSPS) is 11.9. The molecule has 0 saturated carbocycles. The van der Waals surface area contributed by atoms with Crippen LogP contribution in [0.25, 0.3) is 0 Å². The van der Waals surface area contributed by atoms with E-state index in [0.29, 0.717) is 10.8 Å². The monoisotopic (exact) mass is 237 g/mol. The minimum atomic E-state index is -1.05. The summed E-state index contributed by atoms with van der Waals surface area (Å²) in [4.78, 5) is 21.3. The zero-order valence-corrected chi connectivity index (χ0v) is 9.32. The highest BCUT2D eigenvalue weighted by atomic mass is 35.5. The summed E-state index contributed by atoms with van der Waals surface area (Å²) in [6, 6.07) is -0.867. The van der Waals surface area contributed by atoms with Gasteiger partial charge >= 0.3 is 5.97 Å². The van der Waals surface area contributed by atoms with Crippen molar-refractivity contribution in [1.82, 2.24) is 5.32 Å². The molecule has 1 atom stereocenters. The minimum Gasteiger partial charge on any atom is -0.480 e. The van der Waals surface area contributed by atoms with Gasteiger partial charge < -0.3 is 10.4 Å². The third kappa shape index (κ3) is 6.80. The van der Waals surface area contributed by atoms with Crippen LogP contribution >= 0.6 is 23.4 Å². The van der Waals surface area contributed by atoms with E-state index in [2.05, 4.69) is 11.9 Å². The molecular formula is C8H12ClNO3S. The van der Waals surface area contributed by atoms with Gasteiger partial charge in [-0.3, -0.25) is 4.79 Å². The van der Waals surface area contributed by atoms with Crippen molar-refractivity contribution in [2.75, 3.05) is 11.5 Å². The number of amides is 1. The smallest absolute Gasteiger partial charge is 0.327 e. The zero-order chi connectivity index (χ0) is 11.1. The molecule has 0 aliphatic heterocycles. The van der Waals surface area contributed by atoms with Crippen LogP contribution in [-0.2, 0) is 9.59 Å². The van der Waals surface area contributed by atoms with Crippen LogP contribution in [0.1, 0.15) is 6.92 Å². The Morgan fingerprint density at radius 1 is 1.64 bits per heavy atom. The van der Waals surface area contributed by atoms with Crippen LogP contribution in [-0.4, -0.2) is 34.5 Å². The molecule has 6 heteroatoms. The van der Waals surface area contributed by atoms with E-state index >= 15 is 0 Å². The van der Waals surface area contributed by atoms with E-state index in [-0.39, 0.29) is 11.7 Å². The predicted octanol–water partition coefficient (Wildman–Crippen LogP) is 1.06. The van der Waals surface area contributed by atoms with E-state index < -0.39 is 12.0 Å². The maximum Gasteiger partial charge on any atom is 0.327 e. The van der Waals surface area contributed by atoms with Gasteiger partial charge in [-0.05, 0) is 0 Å². The number of carbonyl (C=O) groups excluding carboxylic acids is 1. The van der Waals surface area contributed by atoms with Gasteiger partial charge in [-0.25, -0.2) is 4.79 Å². The average molecular weight is 238 g/mol. The van der Waals surface area contributed by atoms with Gasteiger partial charge in [0.1, 0.15) is 6.04 Å². The van der Waals surface area contributed by atoms with E-state index in [9.17, 15) is 9.59 Å². The summed E-state index contributed by atoms with van der Waals surface area (Å²) in [6.07, 6.45) is 0. The van der Waals surface area contributed by atoms with E-state index in [4.69, 9.17) is 16.7 Å². The van der Waals surface area contributed by atoms with Gasteiger partial charge in [0.15, 0.2) is 0 Å². The Labute approximate surface area is 91.7 Å². The second-order valence-corrected chi connectivity index (χ2v) is 4.19. The SMILES string of the molecule is C=C(Cl)CSCC(NC(C)=O)C(=O)O. The molecule has 0 fully saturated rings. The fourth-order valence-electron chi connectivity index (χ4n) is 0.708. The van der Waals surface area contributed by atoms with Crippen LogP contribution < -0.4 is 5.32 Å². The van der Waals surface area contributed by atoms with Gasteiger partial charge in [0.2, 0.25) is 5.91 Å². The summed E-state index contributed by atoms with van der Waals surface area (Å²) in [5.74, 6) is -0.651. The fourth-order valence-corrected chi connectivity index (χ4v) is 1.74. The molecule has 1 amide bonds. The second-order valence-electron chi connectivity index (χ2n) is 2.62. The molecule has 0 aromatic rings. The number of hydrogen-bond donors (Lipinski definition) is 2. The molecular weight excluding hydrogens is 226 g/mol. The Balaban J connectivity index is 3.91. The lowest BCUT2D eigenvalue weighted by Gasteiger charge is -2.12. The van der Waals surface area contributed by atoms with Gasteiger partial charge in [-0.2, -0.15) is 11.8 Å². The average Bonchev–Trinajstić information content (AvgIpc) is 2.00. The number of aliphatic carboxylic acids is 1. The van der Waals surface area contributed by atoms with E-state index in [1.807, 2.05) is 0 Å². The summed E-state index contributed by atoms with van der Waals surface area (Å²) >= 11 is 6.81. The second kappa shape index (κ2) is 6.73. The van der Waals surface area contributed by atoms with Crippen molar-refractivity contribution in [1.29, 1.82) is 0 Å². The lowest BCUT2D eigenvalue weighted by Crippen LogP contribution is -2.41. The molecule has 0 spiro atoms. The first kappa shape index (κ1) is 13.3. The standard InChI is InChI=1S/C8H12ClNO3S/c1-5(9)3-14-4-7(8(12)13)10-6(2)11/h7H,1,3-4H2,2H3,(H,10,11)(H,12,13). The number of nitrogens with one attached hydrogen (secondary N) is 1. The zero-order valence-electron chi connectivity index (χ0n) is 7.75. The van der Waals surface area contributed by atoms with Crippen LogP contribution in [0.15, 0.2) is 11.6 Å². The molecule has 14 heavy (non-hydrogen) atoms. The lowest BCUT2D eigenvalue weighted by atomic mass is 10.3. The number of rotatable bonds is 6. The lowest BCUT2D eigenvalue weighted by molar-refractivity contribution is -0.140. The Kier molecular flexibility index (Phi) is 6.40. The van der Waals surface area contributed by atoms with Crippen molar-refractivity contribution < 1.29 is 14.7 Å². The third-order valence-electron chi connectivity index (χ3n) is 1.22.